The number of benzene rings is 3. The molecule has 3 aromatic rings. The maximum absolute atomic E-state index is 13.0. The molecule has 0 spiro atoms. The second-order valence-electron chi connectivity index (χ2n) is 7.06. The molecule has 0 aliphatic carbocycles. The molecule has 7 nitrogen and oxygen atoms in total. The van der Waals surface area contributed by atoms with Crippen molar-refractivity contribution < 1.29 is 24.2 Å². The summed E-state index contributed by atoms with van der Waals surface area (Å²) in [7, 11) is 0. The molecule has 0 radical (unpaired) electrons. The highest BCUT2D eigenvalue weighted by Crippen LogP contribution is 2.36. The van der Waals surface area contributed by atoms with Crippen LogP contribution in [-0.4, -0.2) is 23.0 Å². The zero-order valence-corrected chi connectivity index (χ0v) is 18.4. The maximum atomic E-state index is 13.0. The molecule has 4 rings (SSSR count). The molecule has 166 valence electrons. The number of phenolic OH excluding ortho intramolecular Hbond substituents is 1. The average Bonchev–Trinajstić information content (AvgIpc) is 2.78. The van der Waals surface area contributed by atoms with Crippen LogP contribution in [0.3, 0.4) is 0 Å². The van der Waals surface area contributed by atoms with Crippen LogP contribution in [-0.2, 0) is 16.2 Å². The number of urea groups is 1. The third kappa shape index (κ3) is 4.84. The molecule has 0 saturated carbocycles. The summed E-state index contributed by atoms with van der Waals surface area (Å²) >= 11 is 12.7. The van der Waals surface area contributed by atoms with E-state index in [2.05, 4.69) is 5.32 Å². The average molecular weight is 483 g/mol. The summed E-state index contributed by atoms with van der Waals surface area (Å²) in [5.74, 6) is -1.44. The fraction of sp³-hybridized carbons (Fsp3) is 0.0417. The molecule has 0 bridgehead atoms. The molecule has 1 saturated heterocycles. The maximum Gasteiger partial charge on any atom is 0.335 e. The standard InChI is InChI=1S/C24H16Cl2N2O5/c25-19-11-15(12-20(26)21(19)33-13-14-4-2-1-3-5-14)10-18-22(30)27-24(32)28(23(18)31)16-6-8-17(29)9-7-16/h1-12,29H,13H2,(H,27,30,32)/b18-10+. The number of nitrogens with zero attached hydrogens (tertiary/aromatic N) is 1. The zero-order valence-electron chi connectivity index (χ0n) is 16.9. The van der Waals surface area contributed by atoms with Crippen molar-refractivity contribution in [3.8, 4) is 11.5 Å². The van der Waals surface area contributed by atoms with Crippen LogP contribution in [0.1, 0.15) is 11.1 Å². The Balaban J connectivity index is 1.61. The Morgan fingerprint density at radius 1 is 0.939 bits per heavy atom. The smallest absolute Gasteiger partial charge is 0.335 e. The third-order valence-corrected chi connectivity index (χ3v) is 5.33. The highest BCUT2D eigenvalue weighted by molar-refractivity contribution is 6.40. The van der Waals surface area contributed by atoms with E-state index in [1.807, 2.05) is 30.3 Å². The number of barbiturate groups is 1. The topological polar surface area (TPSA) is 95.9 Å². The number of nitrogens with one attached hydrogen (secondary N) is 1. The molecule has 0 aromatic heterocycles. The molecular formula is C24H16Cl2N2O5. The van der Waals surface area contributed by atoms with Gasteiger partial charge in [-0.3, -0.25) is 14.9 Å². The third-order valence-electron chi connectivity index (χ3n) is 4.77. The summed E-state index contributed by atoms with van der Waals surface area (Å²) in [4.78, 5) is 38.4. The van der Waals surface area contributed by atoms with Gasteiger partial charge < -0.3 is 9.84 Å². The highest BCUT2D eigenvalue weighted by atomic mass is 35.5. The molecule has 33 heavy (non-hydrogen) atoms. The summed E-state index contributed by atoms with van der Waals surface area (Å²) in [6, 6.07) is 17.0. The lowest BCUT2D eigenvalue weighted by atomic mass is 10.1. The first-order chi connectivity index (χ1) is 15.8. The van der Waals surface area contributed by atoms with Crippen LogP contribution >= 0.6 is 23.2 Å². The predicted octanol–water partition coefficient (Wildman–Crippen LogP) is 4.94. The van der Waals surface area contributed by atoms with Gasteiger partial charge in [0.2, 0.25) is 0 Å². The van der Waals surface area contributed by atoms with Crippen molar-refractivity contribution in [1.82, 2.24) is 5.32 Å². The van der Waals surface area contributed by atoms with E-state index < -0.39 is 17.8 Å². The number of anilines is 1. The van der Waals surface area contributed by atoms with Crippen molar-refractivity contribution in [2.45, 2.75) is 6.61 Å². The molecule has 1 heterocycles. The fourth-order valence-electron chi connectivity index (χ4n) is 3.19. The SMILES string of the molecule is O=C1NC(=O)N(c2ccc(O)cc2)C(=O)/C1=C/c1cc(Cl)c(OCc2ccccc2)c(Cl)c1. The van der Waals surface area contributed by atoms with Gasteiger partial charge in [-0.2, -0.15) is 0 Å². The van der Waals surface area contributed by atoms with Crippen LogP contribution in [0.5, 0.6) is 11.5 Å². The minimum Gasteiger partial charge on any atom is -0.508 e. The minimum absolute atomic E-state index is 0.0330. The van der Waals surface area contributed by atoms with Gasteiger partial charge in [-0.1, -0.05) is 53.5 Å². The Morgan fingerprint density at radius 3 is 2.21 bits per heavy atom. The molecule has 0 unspecified atom stereocenters. The van der Waals surface area contributed by atoms with Crippen LogP contribution in [0.25, 0.3) is 6.08 Å². The van der Waals surface area contributed by atoms with Crippen LogP contribution in [0.4, 0.5) is 10.5 Å². The number of hydrogen-bond acceptors (Lipinski definition) is 5. The number of carbonyl (C=O) groups is 3. The van der Waals surface area contributed by atoms with Crippen molar-refractivity contribution >= 4 is 52.8 Å². The fourth-order valence-corrected chi connectivity index (χ4v) is 3.80. The number of rotatable bonds is 5. The van der Waals surface area contributed by atoms with Crippen LogP contribution in [0.15, 0.2) is 72.3 Å². The molecule has 2 N–H and O–H groups in total. The largest absolute Gasteiger partial charge is 0.508 e. The quantitative estimate of drug-likeness (QED) is 0.396. The number of imide groups is 2. The van der Waals surface area contributed by atoms with E-state index in [0.29, 0.717) is 5.56 Å². The molecular weight excluding hydrogens is 467 g/mol. The van der Waals surface area contributed by atoms with E-state index in [0.717, 1.165) is 10.5 Å². The van der Waals surface area contributed by atoms with Gasteiger partial charge in [0.05, 0.1) is 15.7 Å². The van der Waals surface area contributed by atoms with Crippen molar-refractivity contribution in [1.29, 1.82) is 0 Å². The lowest BCUT2D eigenvalue weighted by molar-refractivity contribution is -0.122. The normalized spacial score (nSPS) is 15.0. The van der Waals surface area contributed by atoms with Gasteiger partial charge >= 0.3 is 6.03 Å². The van der Waals surface area contributed by atoms with Crippen LogP contribution in [0.2, 0.25) is 10.0 Å². The van der Waals surface area contributed by atoms with E-state index in [1.165, 1.54) is 42.5 Å². The molecule has 0 atom stereocenters. The highest BCUT2D eigenvalue weighted by Gasteiger charge is 2.36. The van der Waals surface area contributed by atoms with Gasteiger partial charge in [0.25, 0.3) is 11.8 Å². The number of phenols is 1. The van der Waals surface area contributed by atoms with Crippen LogP contribution in [0, 0.1) is 0 Å². The Labute approximate surface area is 198 Å². The van der Waals surface area contributed by atoms with E-state index >= 15 is 0 Å². The van der Waals surface area contributed by atoms with Gasteiger partial charge in [-0.05, 0) is 53.6 Å². The first-order valence-corrected chi connectivity index (χ1v) is 10.5. The first-order valence-electron chi connectivity index (χ1n) is 9.70. The number of ether oxygens (including phenoxy) is 1. The number of aromatic hydroxyl groups is 1. The monoisotopic (exact) mass is 482 g/mol. The van der Waals surface area contributed by atoms with Gasteiger partial charge in [0, 0.05) is 0 Å². The Morgan fingerprint density at radius 2 is 1.58 bits per heavy atom. The second-order valence-corrected chi connectivity index (χ2v) is 7.88. The summed E-state index contributed by atoms with van der Waals surface area (Å²) in [5, 5.41) is 12.0. The van der Waals surface area contributed by atoms with Gasteiger partial charge in [-0.15, -0.1) is 0 Å². The Hall–Kier alpha value is -3.81. The van der Waals surface area contributed by atoms with Gasteiger partial charge in [-0.25, -0.2) is 9.69 Å². The molecule has 1 aliphatic rings. The Bertz CT molecular complexity index is 1250. The zero-order chi connectivity index (χ0) is 23.5. The second kappa shape index (κ2) is 9.36. The van der Waals surface area contributed by atoms with E-state index in [9.17, 15) is 19.5 Å². The van der Waals surface area contributed by atoms with Crippen molar-refractivity contribution in [2.24, 2.45) is 0 Å². The van der Waals surface area contributed by atoms with E-state index in [4.69, 9.17) is 27.9 Å². The van der Waals surface area contributed by atoms with Crippen molar-refractivity contribution in [3.05, 3.63) is 93.5 Å². The molecule has 4 amide bonds. The molecule has 1 aliphatic heterocycles. The van der Waals surface area contributed by atoms with Gasteiger partial charge in [0.15, 0.2) is 5.75 Å². The summed E-state index contributed by atoms with van der Waals surface area (Å²) in [6.45, 7) is 0.255. The Kier molecular flexibility index (Phi) is 6.35. The number of hydrogen-bond donors (Lipinski definition) is 2. The van der Waals surface area contributed by atoms with E-state index in [-0.39, 0.29) is 39.4 Å². The number of carbonyl (C=O) groups excluding carboxylic acids is 3. The first kappa shape index (κ1) is 22.4. The minimum atomic E-state index is -0.895. The number of halogens is 2. The summed E-state index contributed by atoms with van der Waals surface area (Å²) in [5.41, 5.74) is 1.21. The molecule has 9 heteroatoms. The number of amides is 4. The predicted molar refractivity (Wildman–Crippen MR) is 124 cm³/mol. The summed E-state index contributed by atoms with van der Waals surface area (Å²) < 4.78 is 5.74. The molecule has 3 aromatic carbocycles. The molecule has 1 fully saturated rings. The van der Waals surface area contributed by atoms with E-state index in [1.54, 1.807) is 0 Å². The lowest BCUT2D eigenvalue weighted by Gasteiger charge is -2.26. The van der Waals surface area contributed by atoms with Crippen molar-refractivity contribution in [3.63, 3.8) is 0 Å². The van der Waals surface area contributed by atoms with Crippen molar-refractivity contribution in [2.75, 3.05) is 4.90 Å². The van der Waals surface area contributed by atoms with Crippen LogP contribution < -0.4 is 15.0 Å². The van der Waals surface area contributed by atoms with Gasteiger partial charge in [0.1, 0.15) is 17.9 Å². The summed E-state index contributed by atoms with van der Waals surface area (Å²) in [6.07, 6.45) is 1.29. The lowest BCUT2D eigenvalue weighted by Crippen LogP contribution is -2.54.